The van der Waals surface area contributed by atoms with E-state index in [1.54, 1.807) is 24.3 Å². The first-order chi connectivity index (χ1) is 11.2. The summed E-state index contributed by atoms with van der Waals surface area (Å²) < 4.78 is 29.6. The summed E-state index contributed by atoms with van der Waals surface area (Å²) >= 11 is 5.79. The lowest BCUT2D eigenvalue weighted by molar-refractivity contribution is 0.0976. The maximum absolute atomic E-state index is 12.0. The van der Waals surface area contributed by atoms with Gasteiger partial charge in [-0.3, -0.25) is 15.5 Å². The third-order valence-corrected chi connectivity index (χ3v) is 4.26. The van der Waals surface area contributed by atoms with Gasteiger partial charge in [-0.2, -0.15) is 0 Å². The van der Waals surface area contributed by atoms with E-state index in [9.17, 15) is 13.2 Å². The molecule has 0 radical (unpaired) electrons. The molecule has 0 atom stereocenters. The third kappa shape index (κ3) is 5.63. The van der Waals surface area contributed by atoms with Crippen LogP contribution in [-0.4, -0.2) is 26.5 Å². The van der Waals surface area contributed by atoms with Crippen molar-refractivity contribution in [3.8, 4) is 11.5 Å². The number of guanidine groups is 1. The number of rotatable bonds is 4. The van der Waals surface area contributed by atoms with Crippen LogP contribution in [0.2, 0.25) is 5.02 Å². The van der Waals surface area contributed by atoms with Gasteiger partial charge in [0.2, 0.25) is 0 Å². The van der Waals surface area contributed by atoms with Gasteiger partial charge in [0.25, 0.3) is 5.91 Å². The van der Waals surface area contributed by atoms with Crippen molar-refractivity contribution in [3.63, 3.8) is 0 Å². The second-order valence-electron chi connectivity index (χ2n) is 4.86. The molecule has 0 heterocycles. The van der Waals surface area contributed by atoms with Crippen LogP contribution in [0.15, 0.2) is 47.4 Å². The van der Waals surface area contributed by atoms with Crippen molar-refractivity contribution < 1.29 is 17.9 Å². The van der Waals surface area contributed by atoms with E-state index in [4.69, 9.17) is 27.5 Å². The first-order valence-corrected chi connectivity index (χ1v) is 8.86. The Hall–Kier alpha value is -2.29. The van der Waals surface area contributed by atoms with Gasteiger partial charge in [-0.1, -0.05) is 11.6 Å². The van der Waals surface area contributed by atoms with Gasteiger partial charge in [0.1, 0.15) is 16.4 Å². The largest absolute Gasteiger partial charge is 0.456 e. The van der Waals surface area contributed by atoms with E-state index in [2.05, 4.69) is 5.32 Å². The summed E-state index contributed by atoms with van der Waals surface area (Å²) in [6.07, 6.45) is 1.00. The molecule has 134 valence electrons. The number of sulfone groups is 1. The fourth-order valence-electron chi connectivity index (χ4n) is 1.85. The number of amides is 1. The Bertz CT molecular complexity index is 899. The Labute approximate surface area is 156 Å². The highest BCUT2D eigenvalue weighted by atomic mass is 35.5. The topological polar surface area (TPSA) is 122 Å². The molecule has 7 nitrogen and oxygen atoms in total. The van der Waals surface area contributed by atoms with Gasteiger partial charge in [-0.15, -0.1) is 12.4 Å². The zero-order valence-electron chi connectivity index (χ0n) is 12.9. The summed E-state index contributed by atoms with van der Waals surface area (Å²) in [7, 11) is -3.66. The molecular weight excluding hydrogens is 389 g/mol. The van der Waals surface area contributed by atoms with Crippen molar-refractivity contribution in [2.24, 2.45) is 5.73 Å². The molecule has 1 amide bonds. The highest BCUT2D eigenvalue weighted by Crippen LogP contribution is 2.30. The Morgan fingerprint density at radius 3 is 2.32 bits per heavy atom. The maximum atomic E-state index is 12.0. The molecular formula is C15H15Cl2N3O4S. The molecule has 0 unspecified atom stereocenters. The van der Waals surface area contributed by atoms with Crippen molar-refractivity contribution in [2.45, 2.75) is 4.90 Å². The van der Waals surface area contributed by atoms with Crippen LogP contribution in [0.25, 0.3) is 0 Å². The minimum atomic E-state index is -3.66. The smallest absolute Gasteiger partial charge is 0.257 e. The molecule has 0 aliphatic rings. The van der Waals surface area contributed by atoms with Gasteiger partial charge in [-0.05, 0) is 42.5 Å². The summed E-state index contributed by atoms with van der Waals surface area (Å²) in [4.78, 5) is 11.7. The molecule has 0 saturated heterocycles. The first kappa shape index (κ1) is 20.8. The van der Waals surface area contributed by atoms with Crippen molar-refractivity contribution >= 4 is 45.7 Å². The molecule has 0 aromatic heterocycles. The van der Waals surface area contributed by atoms with E-state index in [0.29, 0.717) is 10.8 Å². The number of ether oxygens (including phenoxy) is 1. The Morgan fingerprint density at radius 1 is 1.20 bits per heavy atom. The van der Waals surface area contributed by atoms with Crippen LogP contribution in [0, 0.1) is 5.41 Å². The van der Waals surface area contributed by atoms with Crippen molar-refractivity contribution in [2.75, 3.05) is 6.26 Å². The predicted octanol–water partition coefficient (Wildman–Crippen LogP) is 2.58. The van der Waals surface area contributed by atoms with E-state index < -0.39 is 21.7 Å². The van der Waals surface area contributed by atoms with Gasteiger partial charge >= 0.3 is 0 Å². The number of nitrogens with one attached hydrogen (secondary N) is 2. The van der Waals surface area contributed by atoms with Gasteiger partial charge < -0.3 is 10.5 Å². The number of hydrogen-bond donors (Lipinski definition) is 3. The number of carbonyl (C=O) groups excluding carboxylic acids is 1. The molecule has 0 spiro atoms. The molecule has 2 aromatic rings. The zero-order chi connectivity index (χ0) is 17.9. The van der Waals surface area contributed by atoms with Crippen LogP contribution >= 0.6 is 24.0 Å². The SMILES string of the molecule is CS(=O)(=O)c1cc(C(=O)NC(=N)N)ccc1Oc1ccc(Cl)cc1.Cl. The van der Waals surface area contributed by atoms with Crippen molar-refractivity contribution in [3.05, 3.63) is 53.1 Å². The second kappa shape index (κ2) is 8.19. The molecule has 10 heteroatoms. The monoisotopic (exact) mass is 403 g/mol. The van der Waals surface area contributed by atoms with Gasteiger partial charge in [0.15, 0.2) is 15.8 Å². The second-order valence-corrected chi connectivity index (χ2v) is 7.28. The summed E-state index contributed by atoms with van der Waals surface area (Å²) in [5.41, 5.74) is 5.13. The summed E-state index contributed by atoms with van der Waals surface area (Å²) in [6, 6.07) is 10.3. The third-order valence-electron chi connectivity index (χ3n) is 2.90. The molecule has 0 aliphatic carbocycles. The number of nitrogens with two attached hydrogens (primary N) is 1. The normalized spacial score (nSPS) is 10.5. The standard InChI is InChI=1S/C15H14ClN3O4S.ClH/c1-24(21,22)13-8-9(14(20)19-15(17)18)2-7-12(13)23-11-5-3-10(16)4-6-11;/h2-8H,1H3,(H4,17,18,19,20);1H. The predicted molar refractivity (Wildman–Crippen MR) is 97.7 cm³/mol. The minimum absolute atomic E-state index is 0. The van der Waals surface area contributed by atoms with E-state index in [0.717, 1.165) is 6.26 Å². The molecule has 0 bridgehead atoms. The first-order valence-electron chi connectivity index (χ1n) is 6.60. The molecule has 0 saturated carbocycles. The van der Waals surface area contributed by atoms with Crippen LogP contribution in [-0.2, 0) is 9.84 Å². The Balaban J connectivity index is 0.00000312. The summed E-state index contributed by atoms with van der Waals surface area (Å²) in [6.45, 7) is 0. The van der Waals surface area contributed by atoms with Crippen LogP contribution in [0.3, 0.4) is 0 Å². The van der Waals surface area contributed by atoms with Crippen LogP contribution in [0.4, 0.5) is 0 Å². The van der Waals surface area contributed by atoms with E-state index in [1.165, 1.54) is 18.2 Å². The lowest BCUT2D eigenvalue weighted by Crippen LogP contribution is -2.35. The molecule has 2 rings (SSSR count). The fraction of sp³-hybridized carbons (Fsp3) is 0.0667. The zero-order valence-corrected chi connectivity index (χ0v) is 15.3. The molecule has 4 N–H and O–H groups in total. The van der Waals surface area contributed by atoms with Gasteiger partial charge in [-0.25, -0.2) is 8.42 Å². The molecule has 2 aromatic carbocycles. The average Bonchev–Trinajstić information content (AvgIpc) is 2.48. The average molecular weight is 404 g/mol. The van der Waals surface area contributed by atoms with E-state index in [-0.39, 0.29) is 28.6 Å². The van der Waals surface area contributed by atoms with Gasteiger partial charge in [0.05, 0.1) is 0 Å². The maximum Gasteiger partial charge on any atom is 0.257 e. The lowest BCUT2D eigenvalue weighted by atomic mass is 10.2. The molecule has 0 fully saturated rings. The molecule has 0 aliphatic heterocycles. The Kier molecular flexibility index (Phi) is 6.80. The van der Waals surface area contributed by atoms with E-state index >= 15 is 0 Å². The van der Waals surface area contributed by atoms with E-state index in [1.807, 2.05) is 0 Å². The lowest BCUT2D eigenvalue weighted by Gasteiger charge is -2.12. The number of carbonyl (C=O) groups is 1. The fourth-order valence-corrected chi connectivity index (χ4v) is 2.79. The van der Waals surface area contributed by atoms with Crippen LogP contribution in [0.5, 0.6) is 11.5 Å². The number of halogens is 2. The summed E-state index contributed by atoms with van der Waals surface area (Å²) in [5, 5.41) is 9.65. The Morgan fingerprint density at radius 2 is 1.80 bits per heavy atom. The summed E-state index contributed by atoms with van der Waals surface area (Å²) in [5.74, 6) is -0.766. The van der Waals surface area contributed by atoms with Crippen LogP contribution in [0.1, 0.15) is 10.4 Å². The van der Waals surface area contributed by atoms with Gasteiger partial charge in [0, 0.05) is 16.8 Å². The minimum Gasteiger partial charge on any atom is -0.456 e. The number of benzene rings is 2. The van der Waals surface area contributed by atoms with Crippen molar-refractivity contribution in [1.29, 1.82) is 5.41 Å². The quantitative estimate of drug-likeness (QED) is 0.534. The highest BCUT2D eigenvalue weighted by molar-refractivity contribution is 7.90. The highest BCUT2D eigenvalue weighted by Gasteiger charge is 2.19. The number of hydrogen-bond acceptors (Lipinski definition) is 5. The molecule has 25 heavy (non-hydrogen) atoms. The van der Waals surface area contributed by atoms with Crippen LogP contribution < -0.4 is 15.8 Å². The van der Waals surface area contributed by atoms with Crippen molar-refractivity contribution in [1.82, 2.24) is 5.32 Å².